The summed E-state index contributed by atoms with van der Waals surface area (Å²) in [5.74, 6) is 1.11. The maximum atomic E-state index is 5.77. The molecule has 2 rings (SSSR count). The van der Waals surface area contributed by atoms with Gasteiger partial charge in [-0.2, -0.15) is 0 Å². The number of methoxy groups -OCH3 is 1. The molecule has 0 aliphatic heterocycles. The molecule has 0 radical (unpaired) electrons. The summed E-state index contributed by atoms with van der Waals surface area (Å²) in [5.41, 5.74) is 7.40. The van der Waals surface area contributed by atoms with Crippen LogP contribution in [0.15, 0.2) is 30.5 Å². The molecule has 82 valence electrons. The highest BCUT2D eigenvalue weighted by molar-refractivity contribution is 6.28. The van der Waals surface area contributed by atoms with Crippen LogP contribution in [0.3, 0.4) is 0 Å². The van der Waals surface area contributed by atoms with E-state index in [2.05, 4.69) is 9.97 Å². The van der Waals surface area contributed by atoms with Crippen molar-refractivity contribution in [2.75, 3.05) is 12.8 Å². The third-order valence-electron chi connectivity index (χ3n) is 2.17. The summed E-state index contributed by atoms with van der Waals surface area (Å²) < 4.78 is 5.13. The molecule has 0 aliphatic rings. The Hall–Kier alpha value is -1.81. The fourth-order valence-electron chi connectivity index (χ4n) is 1.39. The van der Waals surface area contributed by atoms with Gasteiger partial charge in [0, 0.05) is 11.8 Å². The van der Waals surface area contributed by atoms with E-state index < -0.39 is 0 Å². The molecule has 2 aromatic rings. The van der Waals surface area contributed by atoms with Crippen LogP contribution in [0.5, 0.6) is 5.75 Å². The topological polar surface area (TPSA) is 61.0 Å². The first-order chi connectivity index (χ1) is 7.70. The summed E-state index contributed by atoms with van der Waals surface area (Å²) in [4.78, 5) is 7.80. The summed E-state index contributed by atoms with van der Waals surface area (Å²) in [6.07, 6.45) is 1.60. The van der Waals surface area contributed by atoms with Gasteiger partial charge in [0.1, 0.15) is 11.6 Å². The number of rotatable bonds is 2. The molecule has 0 aliphatic carbocycles. The lowest BCUT2D eigenvalue weighted by Gasteiger charge is -2.06. The summed E-state index contributed by atoms with van der Waals surface area (Å²) in [6.45, 7) is 0. The van der Waals surface area contributed by atoms with Gasteiger partial charge in [-0.05, 0) is 29.3 Å². The molecule has 5 heteroatoms. The van der Waals surface area contributed by atoms with Gasteiger partial charge in [0.2, 0.25) is 5.28 Å². The number of hydrogen-bond acceptors (Lipinski definition) is 4. The number of nitrogens with zero attached hydrogens (tertiary/aromatic N) is 2. The number of nitrogens with two attached hydrogens (primary N) is 1. The lowest BCUT2D eigenvalue weighted by molar-refractivity contribution is 0.415. The van der Waals surface area contributed by atoms with E-state index in [0.29, 0.717) is 5.82 Å². The van der Waals surface area contributed by atoms with Crippen molar-refractivity contribution in [3.8, 4) is 16.9 Å². The van der Waals surface area contributed by atoms with Crippen LogP contribution in [0, 0.1) is 0 Å². The van der Waals surface area contributed by atoms with E-state index in [0.717, 1.165) is 16.9 Å². The van der Waals surface area contributed by atoms with Gasteiger partial charge in [0.25, 0.3) is 0 Å². The number of ether oxygens (including phenoxy) is 1. The fraction of sp³-hybridized carbons (Fsp3) is 0.0909. The molecular weight excluding hydrogens is 226 g/mol. The van der Waals surface area contributed by atoms with Gasteiger partial charge in [-0.1, -0.05) is 12.1 Å². The minimum Gasteiger partial charge on any atom is -0.497 e. The van der Waals surface area contributed by atoms with Crippen molar-refractivity contribution >= 4 is 17.4 Å². The second-order valence-electron chi connectivity index (χ2n) is 3.17. The van der Waals surface area contributed by atoms with Crippen molar-refractivity contribution in [2.24, 2.45) is 0 Å². The molecule has 2 N–H and O–H groups in total. The highest BCUT2D eigenvalue weighted by Crippen LogP contribution is 2.27. The lowest BCUT2D eigenvalue weighted by Crippen LogP contribution is -1.96. The van der Waals surface area contributed by atoms with Gasteiger partial charge in [-0.15, -0.1) is 0 Å². The number of halogens is 1. The molecule has 1 aromatic carbocycles. The molecule has 0 atom stereocenters. The molecule has 0 fully saturated rings. The molecule has 1 aromatic heterocycles. The Balaban J connectivity index is 2.49. The SMILES string of the molecule is COc1cccc(-c2cnc(Cl)nc2N)c1. The first kappa shape index (κ1) is 10.7. The fourth-order valence-corrected chi connectivity index (χ4v) is 1.53. The zero-order valence-corrected chi connectivity index (χ0v) is 9.40. The van der Waals surface area contributed by atoms with Crippen LogP contribution in [0.4, 0.5) is 5.82 Å². The zero-order chi connectivity index (χ0) is 11.5. The normalized spacial score (nSPS) is 10.1. The van der Waals surface area contributed by atoms with Crippen LogP contribution in [0.1, 0.15) is 0 Å². The number of benzene rings is 1. The smallest absolute Gasteiger partial charge is 0.224 e. The Labute approximate surface area is 98.0 Å². The number of anilines is 1. The number of hydrogen-bond donors (Lipinski definition) is 1. The van der Waals surface area contributed by atoms with Crippen LogP contribution in [-0.2, 0) is 0 Å². The Kier molecular flexibility index (Phi) is 2.92. The van der Waals surface area contributed by atoms with Crippen LogP contribution in [-0.4, -0.2) is 17.1 Å². The minimum absolute atomic E-state index is 0.143. The maximum absolute atomic E-state index is 5.77. The van der Waals surface area contributed by atoms with Crippen molar-refractivity contribution in [3.05, 3.63) is 35.7 Å². The van der Waals surface area contributed by atoms with E-state index in [-0.39, 0.29) is 5.28 Å². The summed E-state index contributed by atoms with van der Waals surface area (Å²) in [5, 5.41) is 0.143. The molecule has 0 bridgehead atoms. The first-order valence-electron chi connectivity index (χ1n) is 4.63. The van der Waals surface area contributed by atoms with E-state index in [1.165, 1.54) is 0 Å². The van der Waals surface area contributed by atoms with Crippen LogP contribution in [0.25, 0.3) is 11.1 Å². The zero-order valence-electron chi connectivity index (χ0n) is 8.64. The summed E-state index contributed by atoms with van der Waals surface area (Å²) >= 11 is 5.64. The monoisotopic (exact) mass is 235 g/mol. The number of aromatic nitrogens is 2. The van der Waals surface area contributed by atoms with Gasteiger partial charge >= 0.3 is 0 Å². The Morgan fingerprint density at radius 1 is 1.38 bits per heavy atom. The largest absolute Gasteiger partial charge is 0.497 e. The predicted molar refractivity (Wildman–Crippen MR) is 63.4 cm³/mol. The third-order valence-corrected chi connectivity index (χ3v) is 2.35. The summed E-state index contributed by atoms with van der Waals surface area (Å²) in [6, 6.07) is 7.51. The van der Waals surface area contributed by atoms with Gasteiger partial charge in [0.15, 0.2) is 0 Å². The minimum atomic E-state index is 0.143. The highest BCUT2D eigenvalue weighted by Gasteiger charge is 2.06. The predicted octanol–water partition coefficient (Wildman–Crippen LogP) is 2.39. The average Bonchev–Trinajstić information content (AvgIpc) is 2.29. The molecule has 4 nitrogen and oxygen atoms in total. The van der Waals surface area contributed by atoms with Crippen molar-refractivity contribution < 1.29 is 4.74 Å². The van der Waals surface area contributed by atoms with Crippen molar-refractivity contribution in [1.82, 2.24) is 9.97 Å². The lowest BCUT2D eigenvalue weighted by atomic mass is 10.1. The van der Waals surface area contributed by atoms with E-state index in [4.69, 9.17) is 22.1 Å². The molecule has 0 spiro atoms. The molecule has 0 unspecified atom stereocenters. The van der Waals surface area contributed by atoms with Gasteiger partial charge in [-0.3, -0.25) is 0 Å². The first-order valence-corrected chi connectivity index (χ1v) is 5.01. The van der Waals surface area contributed by atoms with Crippen molar-refractivity contribution in [3.63, 3.8) is 0 Å². The quantitative estimate of drug-likeness (QED) is 0.812. The summed E-state index contributed by atoms with van der Waals surface area (Å²) in [7, 11) is 1.61. The molecule has 0 amide bonds. The second-order valence-corrected chi connectivity index (χ2v) is 3.51. The van der Waals surface area contributed by atoms with Crippen molar-refractivity contribution in [2.45, 2.75) is 0 Å². The molecule has 0 saturated heterocycles. The standard InChI is InChI=1S/C11H10ClN3O/c1-16-8-4-2-3-7(5-8)9-6-14-11(12)15-10(9)13/h2-6H,1H3,(H2,13,14,15). The molecular formula is C11H10ClN3O. The van der Waals surface area contributed by atoms with Crippen LogP contribution in [0.2, 0.25) is 5.28 Å². The molecule has 16 heavy (non-hydrogen) atoms. The van der Waals surface area contributed by atoms with Gasteiger partial charge in [-0.25, -0.2) is 9.97 Å². The van der Waals surface area contributed by atoms with Crippen LogP contribution < -0.4 is 10.5 Å². The van der Waals surface area contributed by atoms with E-state index in [1.807, 2.05) is 24.3 Å². The average molecular weight is 236 g/mol. The number of nitrogen functional groups attached to an aromatic ring is 1. The van der Waals surface area contributed by atoms with Crippen molar-refractivity contribution in [1.29, 1.82) is 0 Å². The second kappa shape index (κ2) is 4.37. The maximum Gasteiger partial charge on any atom is 0.224 e. The van der Waals surface area contributed by atoms with E-state index in [1.54, 1.807) is 13.3 Å². The molecule has 1 heterocycles. The Morgan fingerprint density at radius 2 is 2.19 bits per heavy atom. The third kappa shape index (κ3) is 2.06. The van der Waals surface area contributed by atoms with Gasteiger partial charge in [0.05, 0.1) is 7.11 Å². The van der Waals surface area contributed by atoms with E-state index >= 15 is 0 Å². The van der Waals surface area contributed by atoms with Gasteiger partial charge < -0.3 is 10.5 Å². The Morgan fingerprint density at radius 3 is 2.88 bits per heavy atom. The van der Waals surface area contributed by atoms with Crippen LogP contribution >= 0.6 is 11.6 Å². The molecule has 0 saturated carbocycles. The van der Waals surface area contributed by atoms with E-state index in [9.17, 15) is 0 Å². The Bertz CT molecular complexity index is 516. The highest BCUT2D eigenvalue weighted by atomic mass is 35.5.